The topological polar surface area (TPSA) is 58.6 Å². The Morgan fingerprint density at radius 1 is 1.30 bits per heavy atom. The SMILES string of the molecule is C[C@@H](COS(=O)(O)=S)NCC12CC3CC(CC(C3)C1)C2. The summed E-state index contributed by atoms with van der Waals surface area (Å²) in [7, 11) is -3.49. The third-order valence-corrected chi connectivity index (χ3v) is 6.18. The van der Waals surface area contributed by atoms with E-state index in [1.54, 1.807) is 0 Å². The Hall–Kier alpha value is 0.250. The van der Waals surface area contributed by atoms with Crippen LogP contribution in [0.3, 0.4) is 0 Å². The summed E-state index contributed by atoms with van der Waals surface area (Å²) in [5.74, 6) is 2.87. The van der Waals surface area contributed by atoms with E-state index < -0.39 is 9.05 Å². The van der Waals surface area contributed by atoms with Gasteiger partial charge in [0.1, 0.15) is 0 Å². The summed E-state index contributed by atoms with van der Waals surface area (Å²) in [4.78, 5) is 0. The zero-order valence-corrected chi connectivity index (χ0v) is 13.7. The molecule has 4 aliphatic carbocycles. The molecule has 0 aliphatic heterocycles. The van der Waals surface area contributed by atoms with E-state index in [1.165, 1.54) is 38.5 Å². The van der Waals surface area contributed by atoms with E-state index in [-0.39, 0.29) is 12.6 Å². The van der Waals surface area contributed by atoms with Gasteiger partial charge in [0, 0.05) is 23.8 Å². The van der Waals surface area contributed by atoms with E-state index in [0.29, 0.717) is 5.41 Å². The van der Waals surface area contributed by atoms with E-state index in [4.69, 9.17) is 8.74 Å². The number of rotatable bonds is 6. The molecule has 4 saturated carbocycles. The van der Waals surface area contributed by atoms with E-state index in [1.807, 2.05) is 6.92 Å². The zero-order chi connectivity index (χ0) is 14.4. The highest BCUT2D eigenvalue weighted by molar-refractivity contribution is 8.27. The Balaban J connectivity index is 1.51. The van der Waals surface area contributed by atoms with Gasteiger partial charge in [0.2, 0.25) is 0 Å². The molecule has 0 aromatic heterocycles. The van der Waals surface area contributed by atoms with Crippen LogP contribution in [0, 0.1) is 23.2 Å². The second-order valence-electron chi connectivity index (χ2n) is 7.41. The maximum absolute atomic E-state index is 10.9. The molecule has 0 aromatic rings. The summed E-state index contributed by atoms with van der Waals surface area (Å²) >= 11 is 4.34. The lowest BCUT2D eigenvalue weighted by Gasteiger charge is -2.57. The second kappa shape index (κ2) is 5.47. The fourth-order valence-electron chi connectivity index (χ4n) is 5.14. The summed E-state index contributed by atoms with van der Waals surface area (Å²) in [5.41, 5.74) is 0.484. The minimum Gasteiger partial charge on any atom is -0.311 e. The maximum Gasteiger partial charge on any atom is 0.266 e. The average Bonchev–Trinajstić information content (AvgIpc) is 2.31. The Morgan fingerprint density at radius 2 is 1.80 bits per heavy atom. The van der Waals surface area contributed by atoms with Gasteiger partial charge in [0.25, 0.3) is 9.05 Å². The lowest BCUT2D eigenvalue weighted by molar-refractivity contribution is -0.0526. The van der Waals surface area contributed by atoms with Crippen molar-refractivity contribution in [1.82, 2.24) is 5.32 Å². The van der Waals surface area contributed by atoms with Crippen molar-refractivity contribution in [3.8, 4) is 0 Å². The van der Waals surface area contributed by atoms with Gasteiger partial charge in [-0.05, 0) is 68.6 Å². The van der Waals surface area contributed by atoms with E-state index in [9.17, 15) is 4.21 Å². The normalized spacial score (nSPS) is 43.4. The highest BCUT2D eigenvalue weighted by Gasteiger charge is 2.50. The van der Waals surface area contributed by atoms with Gasteiger partial charge >= 0.3 is 0 Å². The van der Waals surface area contributed by atoms with Gasteiger partial charge in [0.15, 0.2) is 0 Å². The molecule has 6 heteroatoms. The molecule has 20 heavy (non-hydrogen) atoms. The Labute approximate surface area is 126 Å². The lowest BCUT2D eigenvalue weighted by Crippen LogP contribution is -2.51. The van der Waals surface area contributed by atoms with Crippen LogP contribution in [0.25, 0.3) is 0 Å². The summed E-state index contributed by atoms with van der Waals surface area (Å²) in [5, 5.41) is 3.50. The van der Waals surface area contributed by atoms with Crippen molar-refractivity contribution >= 4 is 20.2 Å². The van der Waals surface area contributed by atoms with Gasteiger partial charge in [-0.15, -0.1) is 0 Å². The van der Waals surface area contributed by atoms with Crippen LogP contribution in [0.2, 0.25) is 0 Å². The molecular formula is C14H25NO3S2. The Bertz CT molecular complexity index is 428. The molecule has 0 radical (unpaired) electrons. The molecule has 0 amide bonds. The van der Waals surface area contributed by atoms with E-state index in [0.717, 1.165) is 24.3 Å². The first-order valence-corrected chi connectivity index (χ1v) is 10.1. The Morgan fingerprint density at radius 3 is 2.25 bits per heavy atom. The van der Waals surface area contributed by atoms with Gasteiger partial charge < -0.3 is 5.32 Å². The smallest absolute Gasteiger partial charge is 0.266 e. The highest BCUT2D eigenvalue weighted by Crippen LogP contribution is 2.59. The van der Waals surface area contributed by atoms with Crippen LogP contribution in [0.15, 0.2) is 0 Å². The summed E-state index contributed by atoms with van der Waals surface area (Å²) in [6, 6.07) is 0.0685. The average molecular weight is 319 g/mol. The first-order valence-electron chi connectivity index (χ1n) is 7.69. The van der Waals surface area contributed by atoms with Crippen LogP contribution in [-0.4, -0.2) is 28.0 Å². The third-order valence-electron chi connectivity index (χ3n) is 5.46. The van der Waals surface area contributed by atoms with Crippen molar-refractivity contribution in [2.24, 2.45) is 23.2 Å². The lowest BCUT2D eigenvalue weighted by atomic mass is 9.49. The van der Waals surface area contributed by atoms with Crippen LogP contribution >= 0.6 is 0 Å². The molecule has 4 fully saturated rings. The molecule has 116 valence electrons. The third kappa shape index (κ3) is 3.53. The first-order chi connectivity index (χ1) is 9.34. The number of hydrogen-bond acceptors (Lipinski definition) is 4. The van der Waals surface area contributed by atoms with E-state index >= 15 is 0 Å². The van der Waals surface area contributed by atoms with Gasteiger partial charge in [-0.25, -0.2) is 0 Å². The number of nitrogens with one attached hydrogen (secondary N) is 1. The molecule has 1 unspecified atom stereocenters. The summed E-state index contributed by atoms with van der Waals surface area (Å²) in [6.45, 7) is 3.21. The first kappa shape index (κ1) is 15.2. The van der Waals surface area contributed by atoms with E-state index in [2.05, 4.69) is 16.5 Å². The van der Waals surface area contributed by atoms with Crippen molar-refractivity contribution in [3.05, 3.63) is 0 Å². The maximum atomic E-state index is 10.9. The van der Waals surface area contributed by atoms with Gasteiger partial charge in [-0.3, -0.25) is 8.74 Å². The molecule has 4 aliphatic rings. The minimum atomic E-state index is -3.49. The standard InChI is InChI=1S/C14H25NO3S2/c1-10(8-18-20(16,17)19)15-9-14-5-11-2-12(6-14)4-13(3-11)7-14/h10-13,15H,2-9H2,1H3,(H,16,17,19)/t10-,11?,12?,13?,14?/m0/s1. The quantitative estimate of drug-likeness (QED) is 0.787. The van der Waals surface area contributed by atoms with Gasteiger partial charge in [-0.1, -0.05) is 0 Å². The van der Waals surface area contributed by atoms with Crippen LogP contribution in [0.5, 0.6) is 0 Å². The second-order valence-corrected chi connectivity index (χ2v) is 9.77. The predicted octanol–water partition coefficient (Wildman–Crippen LogP) is 2.33. The molecular weight excluding hydrogens is 294 g/mol. The molecule has 2 atom stereocenters. The largest absolute Gasteiger partial charge is 0.311 e. The van der Waals surface area contributed by atoms with Crippen molar-refractivity contribution in [2.45, 2.75) is 51.5 Å². The molecule has 4 nitrogen and oxygen atoms in total. The zero-order valence-electron chi connectivity index (χ0n) is 12.0. The van der Waals surface area contributed by atoms with Crippen LogP contribution in [-0.2, 0) is 24.4 Å². The van der Waals surface area contributed by atoms with Crippen LogP contribution in [0.4, 0.5) is 0 Å². The number of hydrogen-bond donors (Lipinski definition) is 2. The molecule has 4 rings (SSSR count). The Kier molecular flexibility index (Phi) is 4.14. The van der Waals surface area contributed by atoms with Crippen molar-refractivity contribution < 1.29 is 12.9 Å². The van der Waals surface area contributed by atoms with Crippen molar-refractivity contribution in [1.29, 1.82) is 0 Å². The highest BCUT2D eigenvalue weighted by atomic mass is 32.9. The monoisotopic (exact) mass is 319 g/mol. The fraction of sp³-hybridized carbons (Fsp3) is 1.00. The van der Waals surface area contributed by atoms with Gasteiger partial charge in [0.05, 0.1) is 6.61 Å². The molecule has 0 heterocycles. The van der Waals surface area contributed by atoms with Crippen LogP contribution < -0.4 is 5.32 Å². The van der Waals surface area contributed by atoms with Crippen LogP contribution in [0.1, 0.15) is 45.4 Å². The summed E-state index contributed by atoms with van der Waals surface area (Å²) in [6.07, 6.45) is 8.49. The molecule has 0 saturated heterocycles. The fourth-order valence-corrected chi connectivity index (χ4v) is 5.69. The van der Waals surface area contributed by atoms with Crippen molar-refractivity contribution in [3.63, 3.8) is 0 Å². The summed E-state index contributed by atoms with van der Waals surface area (Å²) < 4.78 is 24.7. The predicted molar refractivity (Wildman–Crippen MR) is 82.2 cm³/mol. The minimum absolute atomic E-state index is 0.0685. The molecule has 2 N–H and O–H groups in total. The molecule has 4 bridgehead atoms. The van der Waals surface area contributed by atoms with Gasteiger partial charge in [-0.2, -0.15) is 4.21 Å². The molecule has 0 aromatic carbocycles. The molecule has 0 spiro atoms. The van der Waals surface area contributed by atoms with Crippen molar-refractivity contribution in [2.75, 3.05) is 13.2 Å².